The number of hydrogen-bond acceptors (Lipinski definition) is 3. The van der Waals surface area contributed by atoms with Gasteiger partial charge in [-0.15, -0.1) is 0 Å². The van der Waals surface area contributed by atoms with E-state index in [1.165, 1.54) is 12.1 Å². The van der Waals surface area contributed by atoms with Crippen molar-refractivity contribution in [2.24, 2.45) is 0 Å². The molecule has 1 aliphatic rings. The number of nitrogens with zero attached hydrogens (tertiary/aromatic N) is 1. The summed E-state index contributed by atoms with van der Waals surface area (Å²) < 4.78 is 42.5. The second kappa shape index (κ2) is 7.00. The average molecular weight is 316 g/mol. The summed E-state index contributed by atoms with van der Waals surface area (Å²) in [6.07, 6.45) is 1.13. The van der Waals surface area contributed by atoms with E-state index in [1.807, 2.05) is 0 Å². The highest BCUT2D eigenvalue weighted by Gasteiger charge is 2.25. The molecule has 122 valence electrons. The van der Waals surface area contributed by atoms with Gasteiger partial charge in [-0.05, 0) is 19.4 Å². The Hall–Kier alpha value is -1.76. The van der Waals surface area contributed by atoms with Gasteiger partial charge in [0.2, 0.25) is 5.91 Å². The van der Waals surface area contributed by atoms with Crippen LogP contribution in [0.4, 0.5) is 13.2 Å². The van der Waals surface area contributed by atoms with E-state index in [1.54, 1.807) is 18.9 Å². The van der Waals surface area contributed by atoms with Crippen molar-refractivity contribution < 1.29 is 22.7 Å². The van der Waals surface area contributed by atoms with Crippen LogP contribution in [0.5, 0.6) is 5.75 Å². The van der Waals surface area contributed by atoms with Gasteiger partial charge in [0.1, 0.15) is 11.6 Å². The summed E-state index contributed by atoms with van der Waals surface area (Å²) >= 11 is 0. The highest BCUT2D eigenvalue weighted by Crippen LogP contribution is 2.28. The molecule has 0 radical (unpaired) electrons. The lowest BCUT2D eigenvalue weighted by Crippen LogP contribution is -2.47. The molecule has 1 N–H and O–H groups in total. The molecule has 0 spiro atoms. The maximum Gasteiger partial charge on any atom is 0.387 e. The fourth-order valence-electron chi connectivity index (χ4n) is 2.66. The molecule has 1 heterocycles. The van der Waals surface area contributed by atoms with Crippen LogP contribution in [-0.2, 0) is 4.79 Å². The first-order chi connectivity index (χ1) is 10.4. The van der Waals surface area contributed by atoms with Crippen molar-refractivity contribution in [3.05, 3.63) is 29.6 Å². The van der Waals surface area contributed by atoms with Crippen LogP contribution in [0.1, 0.15) is 31.4 Å². The molecule has 0 bridgehead atoms. The first-order valence-corrected chi connectivity index (χ1v) is 7.11. The molecule has 0 unspecified atom stereocenters. The Kier molecular flexibility index (Phi) is 5.28. The van der Waals surface area contributed by atoms with E-state index in [4.69, 9.17) is 0 Å². The summed E-state index contributed by atoms with van der Waals surface area (Å²) in [6.45, 7) is -0.664. The SMILES string of the molecule is C[C@H](N[C@H]1CCC(=O)N(C)C1)c1ccc(F)cc1OC(F)F. The molecule has 0 aliphatic carbocycles. The summed E-state index contributed by atoms with van der Waals surface area (Å²) in [5.74, 6) is -0.709. The molecule has 1 aromatic carbocycles. The van der Waals surface area contributed by atoms with Crippen LogP contribution in [0.2, 0.25) is 0 Å². The number of likely N-dealkylation sites (tertiary alicyclic amines) is 1. The number of nitrogens with one attached hydrogen (secondary N) is 1. The van der Waals surface area contributed by atoms with Crippen LogP contribution in [0.25, 0.3) is 0 Å². The molecule has 1 amide bonds. The minimum absolute atomic E-state index is 0.0575. The fourth-order valence-corrected chi connectivity index (χ4v) is 2.66. The van der Waals surface area contributed by atoms with Gasteiger partial charge < -0.3 is 15.0 Å². The first-order valence-electron chi connectivity index (χ1n) is 7.11. The van der Waals surface area contributed by atoms with Gasteiger partial charge in [-0.25, -0.2) is 4.39 Å². The number of ether oxygens (including phenoxy) is 1. The number of piperidine rings is 1. The largest absolute Gasteiger partial charge is 0.434 e. The molecule has 0 aromatic heterocycles. The quantitative estimate of drug-likeness (QED) is 0.908. The molecule has 22 heavy (non-hydrogen) atoms. The molecule has 7 heteroatoms. The van der Waals surface area contributed by atoms with Crippen LogP contribution in [0.3, 0.4) is 0 Å². The minimum atomic E-state index is -3.01. The Morgan fingerprint density at radius 2 is 2.14 bits per heavy atom. The predicted molar refractivity (Wildman–Crippen MR) is 75.2 cm³/mol. The molecule has 2 rings (SSSR count). The van der Waals surface area contributed by atoms with Crippen molar-refractivity contribution in [2.75, 3.05) is 13.6 Å². The van der Waals surface area contributed by atoms with Crippen LogP contribution < -0.4 is 10.1 Å². The zero-order valence-electron chi connectivity index (χ0n) is 12.5. The third kappa shape index (κ3) is 4.13. The minimum Gasteiger partial charge on any atom is -0.434 e. The van der Waals surface area contributed by atoms with Crippen molar-refractivity contribution in [2.45, 2.75) is 38.5 Å². The van der Waals surface area contributed by atoms with Gasteiger partial charge in [0, 0.05) is 43.7 Å². The van der Waals surface area contributed by atoms with E-state index in [-0.39, 0.29) is 23.7 Å². The number of amides is 1. The maximum absolute atomic E-state index is 13.2. The molecule has 1 saturated heterocycles. The molecule has 1 fully saturated rings. The van der Waals surface area contributed by atoms with Crippen molar-refractivity contribution in [3.63, 3.8) is 0 Å². The summed E-state index contributed by atoms with van der Waals surface area (Å²) in [6, 6.07) is 3.35. The Morgan fingerprint density at radius 3 is 2.77 bits per heavy atom. The third-order valence-electron chi connectivity index (χ3n) is 3.77. The summed E-state index contributed by atoms with van der Waals surface area (Å²) in [4.78, 5) is 13.1. The normalized spacial score (nSPS) is 20.4. The van der Waals surface area contributed by atoms with Crippen LogP contribution in [-0.4, -0.2) is 37.1 Å². The molecular weight excluding hydrogens is 297 g/mol. The Balaban J connectivity index is 2.08. The molecule has 0 saturated carbocycles. The van der Waals surface area contributed by atoms with Gasteiger partial charge in [-0.2, -0.15) is 8.78 Å². The van der Waals surface area contributed by atoms with Gasteiger partial charge in [0.05, 0.1) is 0 Å². The van der Waals surface area contributed by atoms with Crippen LogP contribution in [0, 0.1) is 5.82 Å². The Labute approximate surface area is 127 Å². The summed E-state index contributed by atoms with van der Waals surface area (Å²) in [7, 11) is 1.73. The number of halogens is 3. The van der Waals surface area contributed by atoms with Crippen molar-refractivity contribution in [1.82, 2.24) is 10.2 Å². The van der Waals surface area contributed by atoms with E-state index in [0.717, 1.165) is 6.07 Å². The number of rotatable bonds is 5. The summed E-state index contributed by atoms with van der Waals surface area (Å²) in [5.41, 5.74) is 0.459. The molecule has 1 aromatic rings. The molecule has 1 aliphatic heterocycles. The lowest BCUT2D eigenvalue weighted by atomic mass is 10.0. The van der Waals surface area contributed by atoms with Crippen LogP contribution >= 0.6 is 0 Å². The van der Waals surface area contributed by atoms with Crippen molar-refractivity contribution in [3.8, 4) is 5.75 Å². The van der Waals surface area contributed by atoms with E-state index >= 15 is 0 Å². The molecule has 2 atom stereocenters. The molecular formula is C15H19F3N2O2. The van der Waals surface area contributed by atoms with Crippen LogP contribution in [0.15, 0.2) is 18.2 Å². The smallest absolute Gasteiger partial charge is 0.387 e. The monoisotopic (exact) mass is 316 g/mol. The number of likely N-dealkylation sites (N-methyl/N-ethyl adjacent to an activating group) is 1. The zero-order chi connectivity index (χ0) is 16.3. The zero-order valence-corrected chi connectivity index (χ0v) is 12.5. The standard InChI is InChI=1S/C15H19F3N2O2/c1-9(19-11-4-6-14(21)20(2)8-11)12-5-3-10(16)7-13(12)22-15(17)18/h3,5,7,9,11,15,19H,4,6,8H2,1-2H3/t9-,11-/m0/s1. The van der Waals surface area contributed by atoms with Crippen molar-refractivity contribution in [1.29, 1.82) is 0 Å². The third-order valence-corrected chi connectivity index (χ3v) is 3.77. The fraction of sp³-hybridized carbons (Fsp3) is 0.533. The highest BCUT2D eigenvalue weighted by molar-refractivity contribution is 5.76. The predicted octanol–water partition coefficient (Wildman–Crippen LogP) is 2.70. The van der Waals surface area contributed by atoms with Crippen molar-refractivity contribution >= 4 is 5.91 Å². The van der Waals surface area contributed by atoms with Gasteiger partial charge in [0.25, 0.3) is 0 Å². The van der Waals surface area contributed by atoms with Gasteiger partial charge in [0.15, 0.2) is 0 Å². The highest BCUT2D eigenvalue weighted by atomic mass is 19.3. The molecule has 4 nitrogen and oxygen atoms in total. The van der Waals surface area contributed by atoms with E-state index in [0.29, 0.717) is 24.9 Å². The Morgan fingerprint density at radius 1 is 1.41 bits per heavy atom. The number of alkyl halides is 2. The second-order valence-corrected chi connectivity index (χ2v) is 5.46. The van der Waals surface area contributed by atoms with Gasteiger partial charge in [-0.1, -0.05) is 6.07 Å². The van der Waals surface area contributed by atoms with E-state index < -0.39 is 12.4 Å². The topological polar surface area (TPSA) is 41.6 Å². The summed E-state index contributed by atoms with van der Waals surface area (Å²) in [5, 5.41) is 3.28. The lowest BCUT2D eigenvalue weighted by molar-refractivity contribution is -0.132. The number of carbonyl (C=O) groups is 1. The Bertz CT molecular complexity index is 540. The van der Waals surface area contributed by atoms with Gasteiger partial charge in [-0.3, -0.25) is 4.79 Å². The maximum atomic E-state index is 13.2. The van der Waals surface area contributed by atoms with E-state index in [2.05, 4.69) is 10.1 Å². The van der Waals surface area contributed by atoms with E-state index in [9.17, 15) is 18.0 Å². The average Bonchev–Trinajstić information content (AvgIpc) is 2.42. The number of benzene rings is 1. The first kappa shape index (κ1) is 16.6. The number of carbonyl (C=O) groups excluding carboxylic acids is 1. The lowest BCUT2D eigenvalue weighted by Gasteiger charge is -2.32. The second-order valence-electron chi connectivity index (χ2n) is 5.46. The van der Waals surface area contributed by atoms with Gasteiger partial charge >= 0.3 is 6.61 Å². The number of hydrogen-bond donors (Lipinski definition) is 1.